The summed E-state index contributed by atoms with van der Waals surface area (Å²) in [5, 5.41) is 0. The van der Waals surface area contributed by atoms with Gasteiger partial charge in [0, 0.05) is 12.8 Å². The first kappa shape index (κ1) is 22.5. The quantitative estimate of drug-likeness (QED) is 0.466. The fraction of sp³-hybridized carbons (Fsp3) is 0.400. The molecular formula is C30H34O2. The van der Waals surface area contributed by atoms with E-state index in [0.717, 1.165) is 71.9 Å². The third kappa shape index (κ3) is 6.16. The molecule has 0 spiro atoms. The molecule has 0 bridgehead atoms. The Bertz CT molecular complexity index is 907. The van der Waals surface area contributed by atoms with E-state index in [9.17, 15) is 9.59 Å². The zero-order valence-corrected chi connectivity index (χ0v) is 19.1. The van der Waals surface area contributed by atoms with Crippen LogP contribution in [0.2, 0.25) is 0 Å². The van der Waals surface area contributed by atoms with E-state index in [-0.39, 0.29) is 0 Å². The maximum atomic E-state index is 12.4. The van der Waals surface area contributed by atoms with Gasteiger partial charge in [0.1, 0.15) is 0 Å². The van der Waals surface area contributed by atoms with E-state index < -0.39 is 0 Å². The number of carbonyl (C=O) groups is 2. The van der Waals surface area contributed by atoms with Crippen molar-refractivity contribution < 1.29 is 9.59 Å². The summed E-state index contributed by atoms with van der Waals surface area (Å²) in [4.78, 5) is 24.8. The first-order valence-corrected chi connectivity index (χ1v) is 12.4. The Labute approximate surface area is 192 Å². The molecule has 2 heteroatoms. The number of allylic oxidation sites excluding steroid dienone is 2. The van der Waals surface area contributed by atoms with Gasteiger partial charge in [-0.1, -0.05) is 74.2 Å². The molecule has 2 aliphatic rings. The fourth-order valence-electron chi connectivity index (χ4n) is 4.76. The van der Waals surface area contributed by atoms with Crippen LogP contribution in [0.15, 0.2) is 59.7 Å². The van der Waals surface area contributed by atoms with Crippen molar-refractivity contribution in [1.82, 2.24) is 0 Å². The standard InChI is InChI=1S/C30H34O2/c31-29-11-7-3-1-5-9-27(29)21-23-13-17-25(18-14-23)26-19-15-24(16-20-26)22-28-10-6-2-4-8-12-30(28)32/h13-22H,1-12H2/b27-21+,28-22+. The zero-order chi connectivity index (χ0) is 22.2. The summed E-state index contributed by atoms with van der Waals surface area (Å²) in [5.41, 5.74) is 6.50. The highest BCUT2D eigenvalue weighted by Crippen LogP contribution is 2.26. The summed E-state index contributed by atoms with van der Waals surface area (Å²) in [6.45, 7) is 0. The van der Waals surface area contributed by atoms with Crippen LogP contribution in [0.1, 0.15) is 88.2 Å². The van der Waals surface area contributed by atoms with E-state index in [2.05, 4.69) is 60.7 Å². The van der Waals surface area contributed by atoms with Gasteiger partial charge >= 0.3 is 0 Å². The number of ketones is 2. The molecule has 4 rings (SSSR count). The molecule has 0 N–H and O–H groups in total. The molecule has 0 aromatic heterocycles. The van der Waals surface area contributed by atoms with E-state index in [1.807, 2.05) is 0 Å². The molecule has 2 fully saturated rings. The Kier molecular flexibility index (Phi) is 7.87. The Morgan fingerprint density at radius 2 is 0.781 bits per heavy atom. The van der Waals surface area contributed by atoms with Gasteiger partial charge in [0.25, 0.3) is 0 Å². The summed E-state index contributed by atoms with van der Waals surface area (Å²) in [5.74, 6) is 0.641. The van der Waals surface area contributed by atoms with E-state index in [0.29, 0.717) is 24.4 Å². The maximum absolute atomic E-state index is 12.4. The lowest BCUT2D eigenvalue weighted by atomic mass is 9.93. The molecule has 0 radical (unpaired) electrons. The highest BCUT2D eigenvalue weighted by Gasteiger charge is 2.13. The van der Waals surface area contributed by atoms with Crippen LogP contribution < -0.4 is 0 Å². The Hall–Kier alpha value is -2.74. The van der Waals surface area contributed by atoms with Gasteiger partial charge in [-0.25, -0.2) is 0 Å². The molecule has 2 aromatic carbocycles. The van der Waals surface area contributed by atoms with Gasteiger partial charge in [-0.15, -0.1) is 0 Å². The van der Waals surface area contributed by atoms with E-state index >= 15 is 0 Å². The minimum Gasteiger partial charge on any atom is -0.295 e. The molecule has 2 nitrogen and oxygen atoms in total. The van der Waals surface area contributed by atoms with Crippen molar-refractivity contribution in [2.24, 2.45) is 0 Å². The third-order valence-electron chi connectivity index (χ3n) is 6.75. The van der Waals surface area contributed by atoms with Crippen molar-refractivity contribution in [3.63, 3.8) is 0 Å². The monoisotopic (exact) mass is 426 g/mol. The van der Waals surface area contributed by atoms with Gasteiger partial charge in [-0.2, -0.15) is 0 Å². The molecular weight excluding hydrogens is 392 g/mol. The lowest BCUT2D eigenvalue weighted by Gasteiger charge is -2.12. The summed E-state index contributed by atoms with van der Waals surface area (Å²) in [7, 11) is 0. The van der Waals surface area contributed by atoms with Gasteiger partial charge < -0.3 is 0 Å². The molecule has 0 amide bonds. The lowest BCUT2D eigenvalue weighted by Crippen LogP contribution is -2.05. The molecule has 2 aromatic rings. The Morgan fingerprint density at radius 1 is 0.438 bits per heavy atom. The largest absolute Gasteiger partial charge is 0.295 e. The molecule has 0 heterocycles. The second-order valence-corrected chi connectivity index (χ2v) is 9.26. The molecule has 0 saturated heterocycles. The minimum absolute atomic E-state index is 0.321. The van der Waals surface area contributed by atoms with Gasteiger partial charge in [0.2, 0.25) is 0 Å². The average Bonchev–Trinajstić information content (AvgIpc) is 2.80. The molecule has 166 valence electrons. The van der Waals surface area contributed by atoms with Crippen LogP contribution in [0.4, 0.5) is 0 Å². The van der Waals surface area contributed by atoms with Crippen molar-refractivity contribution in [2.75, 3.05) is 0 Å². The SMILES string of the molecule is O=C1CCCCCC/C1=C\c1ccc(-c2ccc(/C=C3\CCCCCCC3=O)cc2)cc1. The van der Waals surface area contributed by atoms with Crippen LogP contribution in [0.3, 0.4) is 0 Å². The molecule has 2 saturated carbocycles. The zero-order valence-electron chi connectivity index (χ0n) is 19.1. The summed E-state index contributed by atoms with van der Waals surface area (Å²) in [6, 6.07) is 17.0. The molecule has 0 unspecified atom stereocenters. The Morgan fingerprint density at radius 3 is 1.16 bits per heavy atom. The summed E-state index contributed by atoms with van der Waals surface area (Å²) < 4.78 is 0. The van der Waals surface area contributed by atoms with Crippen LogP contribution in [-0.4, -0.2) is 11.6 Å². The molecule has 0 atom stereocenters. The second-order valence-electron chi connectivity index (χ2n) is 9.26. The second kappa shape index (κ2) is 11.2. The topological polar surface area (TPSA) is 34.1 Å². The average molecular weight is 427 g/mol. The highest BCUT2D eigenvalue weighted by molar-refractivity contribution is 6.00. The number of hydrogen-bond donors (Lipinski definition) is 0. The van der Waals surface area contributed by atoms with Crippen LogP contribution in [-0.2, 0) is 9.59 Å². The van der Waals surface area contributed by atoms with Crippen LogP contribution >= 0.6 is 0 Å². The number of benzene rings is 2. The molecule has 32 heavy (non-hydrogen) atoms. The van der Waals surface area contributed by atoms with Crippen LogP contribution in [0.25, 0.3) is 23.3 Å². The smallest absolute Gasteiger partial charge is 0.158 e. The van der Waals surface area contributed by atoms with Crippen LogP contribution in [0, 0.1) is 0 Å². The number of carbonyl (C=O) groups excluding carboxylic acids is 2. The molecule has 0 aliphatic heterocycles. The van der Waals surface area contributed by atoms with Crippen molar-refractivity contribution in [3.8, 4) is 11.1 Å². The predicted molar refractivity (Wildman–Crippen MR) is 133 cm³/mol. The number of rotatable bonds is 3. The van der Waals surface area contributed by atoms with Gasteiger partial charge in [-0.3, -0.25) is 9.59 Å². The summed E-state index contributed by atoms with van der Waals surface area (Å²) in [6.07, 6.45) is 16.4. The van der Waals surface area contributed by atoms with Gasteiger partial charge in [-0.05, 0) is 84.1 Å². The van der Waals surface area contributed by atoms with E-state index in [1.54, 1.807) is 0 Å². The predicted octanol–water partition coefficient (Wildman–Crippen LogP) is 7.97. The molecule has 2 aliphatic carbocycles. The van der Waals surface area contributed by atoms with Crippen molar-refractivity contribution in [3.05, 3.63) is 70.8 Å². The Balaban J connectivity index is 1.46. The number of hydrogen-bond acceptors (Lipinski definition) is 2. The van der Waals surface area contributed by atoms with E-state index in [1.165, 1.54) is 25.7 Å². The normalized spacial score (nSPS) is 21.1. The number of Topliss-reactive ketones (excluding diaryl/α,β-unsaturated/α-hetero) is 2. The van der Waals surface area contributed by atoms with Gasteiger partial charge in [0.05, 0.1) is 0 Å². The van der Waals surface area contributed by atoms with Crippen molar-refractivity contribution in [1.29, 1.82) is 0 Å². The first-order chi connectivity index (χ1) is 15.7. The fourth-order valence-corrected chi connectivity index (χ4v) is 4.76. The van der Waals surface area contributed by atoms with Gasteiger partial charge in [0.15, 0.2) is 11.6 Å². The third-order valence-corrected chi connectivity index (χ3v) is 6.75. The summed E-state index contributed by atoms with van der Waals surface area (Å²) >= 11 is 0. The van der Waals surface area contributed by atoms with Crippen LogP contribution in [0.5, 0.6) is 0 Å². The maximum Gasteiger partial charge on any atom is 0.158 e. The van der Waals surface area contributed by atoms with Crippen molar-refractivity contribution in [2.45, 2.75) is 77.0 Å². The van der Waals surface area contributed by atoms with E-state index in [4.69, 9.17) is 0 Å². The minimum atomic E-state index is 0.321. The van der Waals surface area contributed by atoms with Crippen molar-refractivity contribution >= 4 is 23.7 Å². The first-order valence-electron chi connectivity index (χ1n) is 12.4. The lowest BCUT2D eigenvalue weighted by molar-refractivity contribution is -0.116. The highest BCUT2D eigenvalue weighted by atomic mass is 16.1.